The molecule has 1 fully saturated rings. The minimum absolute atomic E-state index is 0.106. The molecule has 1 aliphatic rings. The van der Waals surface area contributed by atoms with E-state index in [-0.39, 0.29) is 5.43 Å². The van der Waals surface area contributed by atoms with Gasteiger partial charge in [-0.1, -0.05) is 11.6 Å². The predicted molar refractivity (Wildman–Crippen MR) is 107 cm³/mol. The molecule has 0 aliphatic carbocycles. The molecule has 1 aliphatic heterocycles. The van der Waals surface area contributed by atoms with Crippen LogP contribution >= 0.6 is 11.3 Å². The lowest BCUT2D eigenvalue weighted by Gasteiger charge is -2.34. The second-order valence-electron chi connectivity index (χ2n) is 7.12. The Bertz CT molecular complexity index is 969. The maximum absolute atomic E-state index is 12.4. The quantitative estimate of drug-likeness (QED) is 0.769. The van der Waals surface area contributed by atoms with Gasteiger partial charge in [-0.25, -0.2) is 4.98 Å². The van der Waals surface area contributed by atoms with E-state index >= 15 is 0 Å². The molecule has 4 rings (SSSR count). The predicted octanol–water partition coefficient (Wildman–Crippen LogP) is 2.92. The molecule has 0 atom stereocenters. The van der Waals surface area contributed by atoms with Crippen LogP contribution in [0.2, 0.25) is 0 Å². The van der Waals surface area contributed by atoms with Crippen molar-refractivity contribution >= 4 is 22.2 Å². The molecule has 0 spiro atoms. The molecule has 1 saturated heterocycles. The summed E-state index contributed by atoms with van der Waals surface area (Å²) in [5.74, 6) is 0. The molecule has 1 N–H and O–H groups in total. The number of thiazole rings is 1. The Labute approximate surface area is 157 Å². The summed E-state index contributed by atoms with van der Waals surface area (Å²) in [6.45, 7) is 9.89. The summed E-state index contributed by atoms with van der Waals surface area (Å²) < 4.78 is 0. The Morgan fingerprint density at radius 2 is 1.81 bits per heavy atom. The minimum atomic E-state index is 0.106. The molecule has 0 radical (unpaired) electrons. The van der Waals surface area contributed by atoms with Gasteiger partial charge < -0.3 is 4.98 Å². The van der Waals surface area contributed by atoms with Crippen molar-refractivity contribution in [2.45, 2.75) is 26.9 Å². The zero-order chi connectivity index (χ0) is 18.1. The summed E-state index contributed by atoms with van der Waals surface area (Å²) in [6, 6.07) is 7.76. The van der Waals surface area contributed by atoms with E-state index in [1.807, 2.05) is 25.1 Å². The maximum Gasteiger partial charge on any atom is 0.189 e. The van der Waals surface area contributed by atoms with Crippen LogP contribution in [0, 0.1) is 13.8 Å². The highest BCUT2D eigenvalue weighted by atomic mass is 32.1. The Morgan fingerprint density at radius 3 is 2.50 bits per heavy atom. The average molecular weight is 369 g/mol. The molecule has 0 saturated carbocycles. The molecule has 6 heteroatoms. The number of H-pyrrole nitrogens is 1. The fourth-order valence-electron chi connectivity index (χ4n) is 3.56. The highest BCUT2D eigenvalue weighted by molar-refractivity contribution is 7.09. The molecular weight excluding hydrogens is 344 g/mol. The summed E-state index contributed by atoms with van der Waals surface area (Å²) in [5, 5.41) is 4.06. The number of aromatic amines is 1. The number of fused-ring (bicyclic) bond motifs is 1. The third-order valence-corrected chi connectivity index (χ3v) is 5.77. The van der Waals surface area contributed by atoms with Crippen molar-refractivity contribution in [2.75, 3.05) is 26.2 Å². The van der Waals surface area contributed by atoms with Crippen molar-refractivity contribution in [3.05, 3.63) is 61.8 Å². The van der Waals surface area contributed by atoms with E-state index < -0.39 is 0 Å². The molecule has 136 valence electrons. The van der Waals surface area contributed by atoms with E-state index in [1.54, 1.807) is 17.4 Å². The molecule has 26 heavy (non-hydrogen) atoms. The number of nitrogens with zero attached hydrogens (tertiary/aromatic N) is 3. The number of rotatable bonds is 4. The zero-order valence-corrected chi connectivity index (χ0v) is 16.1. The lowest BCUT2D eigenvalue weighted by Crippen LogP contribution is -2.45. The molecule has 5 nitrogen and oxygen atoms in total. The van der Waals surface area contributed by atoms with Gasteiger partial charge in [0.15, 0.2) is 5.43 Å². The van der Waals surface area contributed by atoms with Crippen LogP contribution in [-0.2, 0) is 13.1 Å². The highest BCUT2D eigenvalue weighted by Crippen LogP contribution is 2.15. The summed E-state index contributed by atoms with van der Waals surface area (Å²) in [4.78, 5) is 25.3. The summed E-state index contributed by atoms with van der Waals surface area (Å²) in [6.07, 6.45) is 0. The lowest BCUT2D eigenvalue weighted by atomic mass is 10.1. The number of nitrogens with one attached hydrogen (secondary N) is 1. The second kappa shape index (κ2) is 7.31. The van der Waals surface area contributed by atoms with E-state index in [0.717, 1.165) is 66.4 Å². The van der Waals surface area contributed by atoms with E-state index in [0.29, 0.717) is 0 Å². The van der Waals surface area contributed by atoms with E-state index in [4.69, 9.17) is 0 Å². The summed E-state index contributed by atoms with van der Waals surface area (Å²) >= 11 is 1.72. The van der Waals surface area contributed by atoms with Crippen LogP contribution in [0.1, 0.15) is 22.0 Å². The second-order valence-corrected chi connectivity index (χ2v) is 8.18. The monoisotopic (exact) mass is 368 g/mol. The van der Waals surface area contributed by atoms with Crippen molar-refractivity contribution in [3.8, 4) is 0 Å². The first-order valence-electron chi connectivity index (χ1n) is 9.05. The van der Waals surface area contributed by atoms with Crippen molar-refractivity contribution in [2.24, 2.45) is 0 Å². The van der Waals surface area contributed by atoms with Crippen LogP contribution in [0.4, 0.5) is 0 Å². The van der Waals surface area contributed by atoms with Gasteiger partial charge in [0.1, 0.15) is 0 Å². The Balaban J connectivity index is 1.39. The van der Waals surface area contributed by atoms with Crippen molar-refractivity contribution in [3.63, 3.8) is 0 Å². The minimum Gasteiger partial charge on any atom is -0.357 e. The van der Waals surface area contributed by atoms with Gasteiger partial charge >= 0.3 is 0 Å². The third-order valence-electron chi connectivity index (χ3n) is 4.95. The Morgan fingerprint density at radius 1 is 1.08 bits per heavy atom. The fraction of sp³-hybridized carbons (Fsp3) is 0.400. The highest BCUT2D eigenvalue weighted by Gasteiger charge is 2.18. The first kappa shape index (κ1) is 17.4. The SMILES string of the molecule is Cc1ccc2[nH]c(CN3CCN(Cc4csc(C)n4)CC3)cc(=O)c2c1. The molecule has 3 heterocycles. The first-order valence-corrected chi connectivity index (χ1v) is 9.93. The average Bonchev–Trinajstić information content (AvgIpc) is 3.02. The number of hydrogen-bond donors (Lipinski definition) is 1. The molecular formula is C20H24N4OS. The normalized spacial score (nSPS) is 16.4. The largest absolute Gasteiger partial charge is 0.357 e. The van der Waals surface area contributed by atoms with Crippen LogP contribution in [0.25, 0.3) is 10.9 Å². The molecule has 1 aromatic carbocycles. The van der Waals surface area contributed by atoms with Gasteiger partial charge in [0, 0.05) is 67.3 Å². The first-order chi connectivity index (χ1) is 12.6. The zero-order valence-electron chi connectivity index (χ0n) is 15.3. The number of benzene rings is 1. The Hall–Kier alpha value is -2.02. The van der Waals surface area contributed by atoms with Gasteiger partial charge in [-0.3, -0.25) is 14.6 Å². The van der Waals surface area contributed by atoms with Crippen molar-refractivity contribution < 1.29 is 0 Å². The van der Waals surface area contributed by atoms with Crippen LogP contribution in [-0.4, -0.2) is 45.9 Å². The lowest BCUT2D eigenvalue weighted by molar-refractivity contribution is 0.120. The Kier molecular flexibility index (Phi) is 4.89. The maximum atomic E-state index is 12.4. The summed E-state index contributed by atoms with van der Waals surface area (Å²) in [7, 11) is 0. The van der Waals surface area contributed by atoms with Crippen molar-refractivity contribution in [1.29, 1.82) is 0 Å². The van der Waals surface area contributed by atoms with E-state index in [9.17, 15) is 4.79 Å². The van der Waals surface area contributed by atoms with Gasteiger partial charge in [0.2, 0.25) is 0 Å². The molecule has 2 aromatic heterocycles. The van der Waals surface area contributed by atoms with Gasteiger partial charge in [0.05, 0.1) is 10.7 Å². The molecule has 0 unspecified atom stereocenters. The molecule has 0 amide bonds. The standard InChI is InChI=1S/C20H24N4OS/c1-14-3-4-19-18(9-14)20(25)10-16(22-19)11-23-5-7-24(8-6-23)12-17-13-26-15(2)21-17/h3-4,9-10,13H,5-8,11-12H2,1-2H3,(H,22,25). The topological polar surface area (TPSA) is 52.2 Å². The number of pyridine rings is 1. The number of hydrogen-bond acceptors (Lipinski definition) is 5. The number of aryl methyl sites for hydroxylation is 2. The van der Waals surface area contributed by atoms with E-state index in [2.05, 4.69) is 32.1 Å². The van der Waals surface area contributed by atoms with Crippen LogP contribution in [0.5, 0.6) is 0 Å². The van der Waals surface area contributed by atoms with Crippen molar-refractivity contribution in [1.82, 2.24) is 19.8 Å². The fourth-order valence-corrected chi connectivity index (χ4v) is 4.16. The summed E-state index contributed by atoms with van der Waals surface area (Å²) in [5.41, 5.74) is 4.32. The van der Waals surface area contributed by atoms with Gasteiger partial charge in [-0.2, -0.15) is 0 Å². The van der Waals surface area contributed by atoms with Crippen LogP contribution < -0.4 is 5.43 Å². The number of piperazine rings is 1. The van der Waals surface area contributed by atoms with Crippen LogP contribution in [0.3, 0.4) is 0 Å². The third kappa shape index (κ3) is 3.87. The van der Waals surface area contributed by atoms with Gasteiger partial charge in [-0.05, 0) is 26.0 Å². The van der Waals surface area contributed by atoms with Gasteiger partial charge in [0.25, 0.3) is 0 Å². The molecule has 0 bridgehead atoms. The van der Waals surface area contributed by atoms with Crippen LogP contribution in [0.15, 0.2) is 34.4 Å². The van der Waals surface area contributed by atoms with E-state index in [1.165, 1.54) is 5.69 Å². The number of aromatic nitrogens is 2. The molecule has 3 aromatic rings. The smallest absolute Gasteiger partial charge is 0.189 e. The van der Waals surface area contributed by atoms with Gasteiger partial charge in [-0.15, -0.1) is 11.3 Å².